The van der Waals surface area contributed by atoms with Crippen LogP contribution in [-0.2, 0) is 13.0 Å². The summed E-state index contributed by atoms with van der Waals surface area (Å²) >= 11 is 12.2. The van der Waals surface area contributed by atoms with Crippen LogP contribution in [0.3, 0.4) is 0 Å². The molecule has 7 nitrogen and oxygen atoms in total. The molecule has 4 aromatic carbocycles. The van der Waals surface area contributed by atoms with Gasteiger partial charge in [-0.15, -0.1) is 5.10 Å². The van der Waals surface area contributed by atoms with Crippen molar-refractivity contribution in [1.82, 2.24) is 15.0 Å². The minimum atomic E-state index is -0.211. The van der Waals surface area contributed by atoms with Gasteiger partial charge in [0, 0.05) is 16.0 Å². The van der Waals surface area contributed by atoms with Crippen LogP contribution >= 0.6 is 23.2 Å². The summed E-state index contributed by atoms with van der Waals surface area (Å²) in [5.41, 5.74) is 4.80. The summed E-state index contributed by atoms with van der Waals surface area (Å²) in [7, 11) is 0. The quantitative estimate of drug-likeness (QED) is 0.129. The molecule has 0 aliphatic rings. The molecule has 0 N–H and O–H groups in total. The molecule has 202 valence electrons. The van der Waals surface area contributed by atoms with Crippen molar-refractivity contribution >= 4 is 46.2 Å². The van der Waals surface area contributed by atoms with Crippen LogP contribution in [0.2, 0.25) is 10.0 Å². The number of ketones is 1. The van der Waals surface area contributed by atoms with E-state index in [1.54, 1.807) is 59.4 Å². The van der Waals surface area contributed by atoms with E-state index < -0.39 is 0 Å². The Hall–Kier alpha value is -4.72. The van der Waals surface area contributed by atoms with Crippen molar-refractivity contribution in [2.75, 3.05) is 0 Å². The minimum absolute atomic E-state index is 0.138. The number of ether oxygens (including phenoxy) is 1. The van der Waals surface area contributed by atoms with Crippen molar-refractivity contribution in [3.05, 3.63) is 141 Å². The van der Waals surface area contributed by atoms with Crippen molar-refractivity contribution < 1.29 is 18.7 Å². The monoisotopic (exact) mass is 581 g/mol. The van der Waals surface area contributed by atoms with E-state index in [4.69, 9.17) is 32.4 Å². The zero-order chi connectivity index (χ0) is 28.3. The lowest BCUT2D eigenvalue weighted by atomic mass is 10.0. The molecule has 0 aliphatic carbocycles. The number of benzene rings is 4. The molecule has 0 bridgehead atoms. The Morgan fingerprint density at radius 2 is 1.71 bits per heavy atom. The number of fused-ring (bicyclic) bond motifs is 1. The highest BCUT2D eigenvalue weighted by Crippen LogP contribution is 2.26. The van der Waals surface area contributed by atoms with Crippen LogP contribution in [0, 0.1) is 0 Å². The summed E-state index contributed by atoms with van der Waals surface area (Å²) in [4.78, 5) is 24.7. The number of aromatic nitrogens is 3. The number of rotatable bonds is 9. The number of halogens is 2. The van der Waals surface area contributed by atoms with Gasteiger partial charge in [-0.2, -0.15) is 0 Å². The maximum Gasteiger partial charge on any atom is 0.228 e. The van der Waals surface area contributed by atoms with Crippen molar-refractivity contribution in [1.29, 1.82) is 0 Å². The molecule has 6 rings (SSSR count). The number of hydrogen-bond acceptors (Lipinski definition) is 6. The summed E-state index contributed by atoms with van der Waals surface area (Å²) < 4.78 is 13.3. The SMILES string of the molecule is O=Cc1cc(Cc2ccc3oc(C(=O)c4ccc(Cl)cc4)cc3c2)ccc1OCc1cn(-c2ccccc2Cl)nn1. The number of aldehydes is 1. The Kier molecular flexibility index (Phi) is 7.37. The average Bonchev–Trinajstić information content (AvgIpc) is 3.64. The van der Waals surface area contributed by atoms with Crippen LogP contribution < -0.4 is 4.74 Å². The van der Waals surface area contributed by atoms with Gasteiger partial charge in [0.1, 0.15) is 23.6 Å². The standard InChI is InChI=1S/C32H21Cl2N3O4/c33-25-9-7-22(8-10-25)32(39)31-16-23-14-20(6-12-30(23)41-31)13-21-5-11-29(24(15-21)18-38)40-19-26-17-37(36-35-26)28-4-2-1-3-27(28)34/h1-12,14-18H,13,19H2. The molecule has 0 saturated heterocycles. The maximum atomic E-state index is 12.8. The summed E-state index contributed by atoms with van der Waals surface area (Å²) in [5.74, 6) is 0.500. The molecule has 41 heavy (non-hydrogen) atoms. The highest BCUT2D eigenvalue weighted by molar-refractivity contribution is 6.32. The van der Waals surface area contributed by atoms with Crippen LogP contribution in [0.25, 0.3) is 16.7 Å². The molecule has 0 spiro atoms. The second kappa shape index (κ2) is 11.4. The van der Waals surface area contributed by atoms with E-state index >= 15 is 0 Å². The normalized spacial score (nSPS) is 11.1. The molecule has 2 heterocycles. The van der Waals surface area contributed by atoms with Gasteiger partial charge in [0.2, 0.25) is 5.78 Å². The van der Waals surface area contributed by atoms with Crippen LogP contribution in [0.1, 0.15) is 43.3 Å². The zero-order valence-electron chi connectivity index (χ0n) is 21.5. The van der Waals surface area contributed by atoms with Crippen LogP contribution in [0.5, 0.6) is 5.75 Å². The first-order valence-electron chi connectivity index (χ1n) is 12.7. The average molecular weight is 582 g/mol. The molecule has 6 aromatic rings. The topological polar surface area (TPSA) is 87.2 Å². The molecule has 9 heteroatoms. The van der Waals surface area contributed by atoms with Gasteiger partial charge in [-0.25, -0.2) is 4.68 Å². The van der Waals surface area contributed by atoms with Crippen LogP contribution in [-0.4, -0.2) is 27.1 Å². The van der Waals surface area contributed by atoms with E-state index in [0.29, 0.717) is 50.3 Å². The van der Waals surface area contributed by atoms with Gasteiger partial charge < -0.3 is 9.15 Å². The molecular weight excluding hydrogens is 561 g/mol. The zero-order valence-corrected chi connectivity index (χ0v) is 23.0. The first-order chi connectivity index (χ1) is 20.0. The summed E-state index contributed by atoms with van der Waals surface area (Å²) in [6.45, 7) is 0.138. The van der Waals surface area contributed by atoms with Gasteiger partial charge in [-0.3, -0.25) is 9.59 Å². The minimum Gasteiger partial charge on any atom is -0.486 e. The van der Waals surface area contributed by atoms with Gasteiger partial charge in [0.15, 0.2) is 12.0 Å². The van der Waals surface area contributed by atoms with E-state index in [-0.39, 0.29) is 18.2 Å². The predicted molar refractivity (Wildman–Crippen MR) is 156 cm³/mol. The lowest BCUT2D eigenvalue weighted by Gasteiger charge is -2.09. The Bertz CT molecular complexity index is 1890. The number of furan rings is 1. The molecule has 0 unspecified atom stereocenters. The van der Waals surface area contributed by atoms with E-state index in [2.05, 4.69) is 10.3 Å². The lowest BCUT2D eigenvalue weighted by Crippen LogP contribution is -2.00. The van der Waals surface area contributed by atoms with Gasteiger partial charge >= 0.3 is 0 Å². The Morgan fingerprint density at radius 3 is 2.51 bits per heavy atom. The number of para-hydroxylation sites is 1. The number of nitrogens with zero attached hydrogens (tertiary/aromatic N) is 3. The summed E-state index contributed by atoms with van der Waals surface area (Å²) in [6.07, 6.45) is 3.08. The molecular formula is C32H21Cl2N3O4. The van der Waals surface area contributed by atoms with Gasteiger partial charge in [0.25, 0.3) is 0 Å². The van der Waals surface area contributed by atoms with Crippen molar-refractivity contribution in [3.63, 3.8) is 0 Å². The smallest absolute Gasteiger partial charge is 0.228 e. The molecule has 0 amide bonds. The fourth-order valence-corrected chi connectivity index (χ4v) is 4.85. The first-order valence-corrected chi connectivity index (χ1v) is 13.4. The molecule has 0 saturated carbocycles. The summed E-state index contributed by atoms with van der Waals surface area (Å²) in [6, 6.07) is 27.0. The fourth-order valence-electron chi connectivity index (χ4n) is 4.50. The van der Waals surface area contributed by atoms with Crippen molar-refractivity contribution in [2.45, 2.75) is 13.0 Å². The number of hydrogen-bond donors (Lipinski definition) is 0. The third kappa shape index (κ3) is 5.77. The maximum absolute atomic E-state index is 12.8. The van der Waals surface area contributed by atoms with Gasteiger partial charge in [0.05, 0.1) is 22.5 Å². The summed E-state index contributed by atoms with van der Waals surface area (Å²) in [5, 5.41) is 10.2. The third-order valence-electron chi connectivity index (χ3n) is 6.54. The molecule has 0 radical (unpaired) electrons. The Morgan fingerprint density at radius 1 is 0.927 bits per heavy atom. The Labute approximate surface area is 244 Å². The highest BCUT2D eigenvalue weighted by atomic mass is 35.5. The van der Waals surface area contributed by atoms with Crippen molar-refractivity contribution in [2.24, 2.45) is 0 Å². The highest BCUT2D eigenvalue weighted by Gasteiger charge is 2.15. The van der Waals surface area contributed by atoms with Gasteiger partial charge in [-0.05, 0) is 84.3 Å². The lowest BCUT2D eigenvalue weighted by molar-refractivity contribution is 0.101. The second-order valence-electron chi connectivity index (χ2n) is 9.38. The number of carbonyl (C=O) groups is 2. The van der Waals surface area contributed by atoms with E-state index in [1.807, 2.05) is 42.5 Å². The molecule has 0 aliphatic heterocycles. The second-order valence-corrected chi connectivity index (χ2v) is 10.2. The largest absolute Gasteiger partial charge is 0.486 e. The number of carbonyl (C=O) groups excluding carboxylic acids is 2. The Balaban J connectivity index is 1.15. The third-order valence-corrected chi connectivity index (χ3v) is 7.11. The van der Waals surface area contributed by atoms with E-state index in [1.165, 1.54) is 0 Å². The predicted octanol–water partition coefficient (Wildman–Crippen LogP) is 7.53. The van der Waals surface area contributed by atoms with E-state index in [0.717, 1.165) is 22.8 Å². The fraction of sp³-hybridized carbons (Fsp3) is 0.0625. The molecule has 0 fully saturated rings. The van der Waals surface area contributed by atoms with Crippen LogP contribution in [0.15, 0.2) is 102 Å². The molecule has 0 atom stereocenters. The van der Waals surface area contributed by atoms with E-state index in [9.17, 15) is 9.59 Å². The first kappa shape index (κ1) is 26.5. The van der Waals surface area contributed by atoms with Crippen molar-refractivity contribution in [3.8, 4) is 11.4 Å². The van der Waals surface area contributed by atoms with Gasteiger partial charge in [-0.1, -0.05) is 52.7 Å². The molecule has 2 aromatic heterocycles. The van der Waals surface area contributed by atoms with Crippen LogP contribution in [0.4, 0.5) is 0 Å².